The second kappa shape index (κ2) is 5.08. The van der Waals surface area contributed by atoms with Crippen molar-refractivity contribution in [2.75, 3.05) is 20.1 Å². The van der Waals surface area contributed by atoms with E-state index >= 15 is 0 Å². The van der Waals surface area contributed by atoms with Gasteiger partial charge in [-0.2, -0.15) is 0 Å². The Hall–Kier alpha value is -1.39. The molecule has 0 saturated heterocycles. The number of hydrogen-bond donors (Lipinski definition) is 1. The Balaban J connectivity index is 2.05. The summed E-state index contributed by atoms with van der Waals surface area (Å²) in [5.41, 5.74) is 7.62. The average molecular weight is 247 g/mol. The molecule has 2 aromatic rings. The number of nitrogens with zero attached hydrogens (tertiary/aromatic N) is 2. The highest BCUT2D eigenvalue weighted by molar-refractivity contribution is 5.72. The second-order valence-electron chi connectivity index (χ2n) is 5.62. The van der Waals surface area contributed by atoms with E-state index in [2.05, 4.69) is 30.8 Å². The molecule has 0 aliphatic heterocycles. The molecule has 0 bridgehead atoms. The van der Waals surface area contributed by atoms with Crippen molar-refractivity contribution < 1.29 is 4.42 Å². The number of fused-ring (bicyclic) bond motifs is 1. The number of aromatic nitrogens is 1. The van der Waals surface area contributed by atoms with Crippen LogP contribution in [0.3, 0.4) is 0 Å². The molecule has 0 spiro atoms. The number of oxazole rings is 1. The number of benzene rings is 1. The Labute approximate surface area is 108 Å². The molecule has 0 fully saturated rings. The molecular formula is C14H21N3O. The van der Waals surface area contributed by atoms with E-state index < -0.39 is 0 Å². The molecule has 2 rings (SSSR count). The SMILES string of the molecule is CN(Cc1nc2ccccc2o1)CC(C)(C)CN. The Morgan fingerprint density at radius 3 is 2.72 bits per heavy atom. The number of para-hydroxylation sites is 2. The fourth-order valence-electron chi connectivity index (χ4n) is 2.07. The van der Waals surface area contributed by atoms with Gasteiger partial charge in [0.25, 0.3) is 0 Å². The normalized spacial score (nSPS) is 12.5. The molecule has 1 heterocycles. The van der Waals surface area contributed by atoms with Crippen LogP contribution in [0.1, 0.15) is 19.7 Å². The molecule has 4 nitrogen and oxygen atoms in total. The van der Waals surface area contributed by atoms with Crippen molar-refractivity contribution >= 4 is 11.1 Å². The molecule has 0 aliphatic rings. The van der Waals surface area contributed by atoms with Crippen molar-refractivity contribution in [1.82, 2.24) is 9.88 Å². The lowest BCUT2D eigenvalue weighted by molar-refractivity contribution is 0.197. The van der Waals surface area contributed by atoms with E-state index in [1.807, 2.05) is 24.3 Å². The minimum absolute atomic E-state index is 0.112. The highest BCUT2D eigenvalue weighted by Gasteiger charge is 2.19. The predicted octanol–water partition coefficient (Wildman–Crippen LogP) is 2.24. The zero-order chi connectivity index (χ0) is 13.2. The van der Waals surface area contributed by atoms with Gasteiger partial charge >= 0.3 is 0 Å². The van der Waals surface area contributed by atoms with Gasteiger partial charge in [0.15, 0.2) is 5.58 Å². The van der Waals surface area contributed by atoms with E-state index in [9.17, 15) is 0 Å². The molecule has 4 heteroatoms. The van der Waals surface area contributed by atoms with E-state index in [1.54, 1.807) is 0 Å². The van der Waals surface area contributed by atoms with Crippen LogP contribution in [0.5, 0.6) is 0 Å². The number of rotatable bonds is 5. The van der Waals surface area contributed by atoms with Crippen LogP contribution in [0.2, 0.25) is 0 Å². The van der Waals surface area contributed by atoms with Crippen molar-refractivity contribution in [2.24, 2.45) is 11.1 Å². The molecule has 0 radical (unpaired) electrons. The summed E-state index contributed by atoms with van der Waals surface area (Å²) in [5.74, 6) is 0.756. The lowest BCUT2D eigenvalue weighted by atomic mass is 9.93. The van der Waals surface area contributed by atoms with Gasteiger partial charge in [-0.1, -0.05) is 26.0 Å². The standard InChI is InChI=1S/C14H21N3O/c1-14(2,9-15)10-17(3)8-13-16-11-6-4-5-7-12(11)18-13/h4-7H,8-10,15H2,1-3H3. The van der Waals surface area contributed by atoms with Gasteiger partial charge in [0.2, 0.25) is 5.89 Å². The molecule has 0 unspecified atom stereocenters. The van der Waals surface area contributed by atoms with Gasteiger partial charge < -0.3 is 10.2 Å². The van der Waals surface area contributed by atoms with Crippen LogP contribution in [0, 0.1) is 5.41 Å². The first-order chi connectivity index (χ1) is 8.50. The first kappa shape index (κ1) is 13.1. The predicted molar refractivity (Wildman–Crippen MR) is 73.2 cm³/mol. The summed E-state index contributed by atoms with van der Waals surface area (Å²) in [6.45, 7) is 6.62. The van der Waals surface area contributed by atoms with Crippen LogP contribution in [-0.2, 0) is 6.54 Å². The number of hydrogen-bond acceptors (Lipinski definition) is 4. The Kier molecular flexibility index (Phi) is 3.68. The van der Waals surface area contributed by atoms with Crippen LogP contribution >= 0.6 is 0 Å². The van der Waals surface area contributed by atoms with Crippen LogP contribution in [0.4, 0.5) is 0 Å². The molecule has 0 saturated carbocycles. The average Bonchev–Trinajstić information content (AvgIpc) is 2.70. The quantitative estimate of drug-likeness (QED) is 0.880. The van der Waals surface area contributed by atoms with Crippen molar-refractivity contribution in [3.63, 3.8) is 0 Å². The topological polar surface area (TPSA) is 55.3 Å². The summed E-state index contributed by atoms with van der Waals surface area (Å²) >= 11 is 0. The molecular weight excluding hydrogens is 226 g/mol. The first-order valence-corrected chi connectivity index (χ1v) is 6.23. The van der Waals surface area contributed by atoms with E-state index in [1.165, 1.54) is 0 Å². The fraction of sp³-hybridized carbons (Fsp3) is 0.500. The van der Waals surface area contributed by atoms with Crippen molar-refractivity contribution in [3.8, 4) is 0 Å². The molecule has 1 aromatic carbocycles. The van der Waals surface area contributed by atoms with Crippen molar-refractivity contribution in [1.29, 1.82) is 0 Å². The summed E-state index contributed by atoms with van der Waals surface area (Å²) in [6, 6.07) is 7.83. The Morgan fingerprint density at radius 2 is 2.06 bits per heavy atom. The molecule has 98 valence electrons. The molecule has 18 heavy (non-hydrogen) atoms. The zero-order valence-corrected chi connectivity index (χ0v) is 11.3. The maximum absolute atomic E-state index is 5.74. The third kappa shape index (κ3) is 3.09. The summed E-state index contributed by atoms with van der Waals surface area (Å²) in [7, 11) is 2.06. The summed E-state index contributed by atoms with van der Waals surface area (Å²) in [4.78, 5) is 6.66. The third-order valence-electron chi connectivity index (χ3n) is 2.99. The highest BCUT2D eigenvalue weighted by Crippen LogP contribution is 2.18. The summed E-state index contributed by atoms with van der Waals surface area (Å²) in [6.07, 6.45) is 0. The van der Waals surface area contributed by atoms with Gasteiger partial charge in [0.1, 0.15) is 5.52 Å². The maximum atomic E-state index is 5.74. The zero-order valence-electron chi connectivity index (χ0n) is 11.3. The van der Waals surface area contributed by atoms with E-state index in [4.69, 9.17) is 10.2 Å². The summed E-state index contributed by atoms with van der Waals surface area (Å²) < 4.78 is 5.70. The van der Waals surface area contributed by atoms with E-state index in [0.717, 1.165) is 23.5 Å². The van der Waals surface area contributed by atoms with Gasteiger partial charge in [-0.3, -0.25) is 4.90 Å². The minimum Gasteiger partial charge on any atom is -0.439 e. The molecule has 1 aromatic heterocycles. The lowest BCUT2D eigenvalue weighted by Crippen LogP contribution is -2.36. The monoisotopic (exact) mass is 247 g/mol. The smallest absolute Gasteiger partial charge is 0.209 e. The first-order valence-electron chi connectivity index (χ1n) is 6.23. The van der Waals surface area contributed by atoms with E-state index in [-0.39, 0.29) is 5.41 Å². The van der Waals surface area contributed by atoms with Gasteiger partial charge in [-0.15, -0.1) is 0 Å². The lowest BCUT2D eigenvalue weighted by Gasteiger charge is -2.28. The molecule has 0 amide bonds. The van der Waals surface area contributed by atoms with Gasteiger partial charge in [0, 0.05) is 6.54 Å². The van der Waals surface area contributed by atoms with Gasteiger partial charge in [-0.05, 0) is 31.1 Å². The van der Waals surface area contributed by atoms with Crippen molar-refractivity contribution in [2.45, 2.75) is 20.4 Å². The van der Waals surface area contributed by atoms with Crippen LogP contribution < -0.4 is 5.73 Å². The van der Waals surface area contributed by atoms with Gasteiger partial charge in [-0.25, -0.2) is 4.98 Å². The van der Waals surface area contributed by atoms with Crippen molar-refractivity contribution in [3.05, 3.63) is 30.2 Å². The second-order valence-corrected chi connectivity index (χ2v) is 5.62. The number of nitrogens with two attached hydrogens (primary N) is 1. The van der Waals surface area contributed by atoms with Crippen LogP contribution in [0.15, 0.2) is 28.7 Å². The summed E-state index contributed by atoms with van der Waals surface area (Å²) in [5, 5.41) is 0. The van der Waals surface area contributed by atoms with E-state index in [0.29, 0.717) is 13.1 Å². The Bertz CT molecular complexity index is 485. The minimum atomic E-state index is 0.112. The third-order valence-corrected chi connectivity index (χ3v) is 2.99. The maximum Gasteiger partial charge on any atom is 0.209 e. The fourth-order valence-corrected chi connectivity index (χ4v) is 2.07. The molecule has 2 N–H and O–H groups in total. The van der Waals surface area contributed by atoms with Crippen LogP contribution in [0.25, 0.3) is 11.1 Å². The largest absolute Gasteiger partial charge is 0.439 e. The molecule has 0 atom stereocenters. The molecule has 0 aliphatic carbocycles. The van der Waals surface area contributed by atoms with Crippen LogP contribution in [-0.4, -0.2) is 30.0 Å². The Morgan fingerprint density at radius 1 is 1.33 bits per heavy atom. The highest BCUT2D eigenvalue weighted by atomic mass is 16.3. The van der Waals surface area contributed by atoms with Gasteiger partial charge in [0.05, 0.1) is 6.54 Å².